The van der Waals surface area contributed by atoms with Crippen LogP contribution >= 0.6 is 15.9 Å². The minimum Gasteiger partial charge on any atom is -0.295 e. The summed E-state index contributed by atoms with van der Waals surface area (Å²) in [5.41, 5.74) is 0. The van der Waals surface area contributed by atoms with Crippen molar-refractivity contribution >= 4 is 21.7 Å². The average Bonchev–Trinajstić information content (AvgIpc) is 1.65. The van der Waals surface area contributed by atoms with Gasteiger partial charge in [-0.2, -0.15) is 0 Å². The molecule has 2 heteroatoms. The number of ketones is 1. The fraction of sp³-hybridized carbons (Fsp3) is 0.167. The Hall–Kier alpha value is -0.370. The van der Waals surface area contributed by atoms with Gasteiger partial charge in [-0.05, 0) is 13.0 Å². The minimum atomic E-state index is 0.0248. The average molecular weight is 175 g/mol. The summed E-state index contributed by atoms with van der Waals surface area (Å²) in [6, 6.07) is 0. The van der Waals surface area contributed by atoms with E-state index in [2.05, 4.69) is 22.5 Å². The van der Waals surface area contributed by atoms with E-state index in [9.17, 15) is 4.79 Å². The SMILES string of the molecule is C=CC(Br)=CC(C)=O. The molecule has 0 bridgehead atoms. The first-order chi connectivity index (χ1) is 3.66. The van der Waals surface area contributed by atoms with E-state index in [1.54, 1.807) is 6.08 Å². The fourth-order valence-electron chi connectivity index (χ4n) is 0.253. The van der Waals surface area contributed by atoms with Crippen molar-refractivity contribution in [2.45, 2.75) is 6.92 Å². The third-order valence-corrected chi connectivity index (χ3v) is 1.09. The number of carbonyl (C=O) groups is 1. The summed E-state index contributed by atoms with van der Waals surface area (Å²) >= 11 is 3.10. The van der Waals surface area contributed by atoms with Crippen LogP contribution in [0.3, 0.4) is 0 Å². The van der Waals surface area contributed by atoms with Crippen LogP contribution in [0.2, 0.25) is 0 Å². The van der Waals surface area contributed by atoms with E-state index in [4.69, 9.17) is 0 Å². The Kier molecular flexibility index (Phi) is 3.44. The lowest BCUT2D eigenvalue weighted by Crippen LogP contribution is -1.79. The van der Waals surface area contributed by atoms with Crippen LogP contribution in [0.5, 0.6) is 0 Å². The zero-order chi connectivity index (χ0) is 6.57. The summed E-state index contributed by atoms with van der Waals surface area (Å²) < 4.78 is 0.727. The summed E-state index contributed by atoms with van der Waals surface area (Å²) in [6.07, 6.45) is 3.04. The highest BCUT2D eigenvalue weighted by atomic mass is 79.9. The van der Waals surface area contributed by atoms with Gasteiger partial charge in [0, 0.05) is 4.48 Å². The van der Waals surface area contributed by atoms with Crippen molar-refractivity contribution < 1.29 is 4.79 Å². The smallest absolute Gasteiger partial charge is 0.153 e. The molecule has 0 N–H and O–H groups in total. The van der Waals surface area contributed by atoms with E-state index in [0.29, 0.717) is 0 Å². The van der Waals surface area contributed by atoms with Crippen molar-refractivity contribution in [3.05, 3.63) is 23.2 Å². The van der Waals surface area contributed by atoms with Crippen molar-refractivity contribution in [3.8, 4) is 0 Å². The van der Waals surface area contributed by atoms with Crippen molar-refractivity contribution in [2.75, 3.05) is 0 Å². The Labute approximate surface area is 57.2 Å². The summed E-state index contributed by atoms with van der Waals surface area (Å²) in [6.45, 7) is 4.94. The minimum absolute atomic E-state index is 0.0248. The van der Waals surface area contributed by atoms with Gasteiger partial charge in [-0.1, -0.05) is 28.6 Å². The lowest BCUT2D eigenvalue weighted by Gasteiger charge is -1.81. The molecule has 0 saturated heterocycles. The number of allylic oxidation sites excluding steroid dienone is 3. The van der Waals surface area contributed by atoms with Gasteiger partial charge < -0.3 is 0 Å². The zero-order valence-electron chi connectivity index (χ0n) is 4.65. The number of carbonyl (C=O) groups excluding carboxylic acids is 1. The molecule has 0 aromatic carbocycles. The van der Waals surface area contributed by atoms with Gasteiger partial charge in [0.05, 0.1) is 0 Å². The van der Waals surface area contributed by atoms with Gasteiger partial charge in [-0.3, -0.25) is 4.79 Å². The summed E-state index contributed by atoms with van der Waals surface area (Å²) in [7, 11) is 0. The monoisotopic (exact) mass is 174 g/mol. The lowest BCUT2D eigenvalue weighted by molar-refractivity contribution is -0.112. The van der Waals surface area contributed by atoms with Gasteiger partial charge >= 0.3 is 0 Å². The number of halogens is 1. The predicted molar refractivity (Wildman–Crippen MR) is 37.9 cm³/mol. The first kappa shape index (κ1) is 7.63. The number of hydrogen-bond donors (Lipinski definition) is 0. The van der Waals surface area contributed by atoms with Gasteiger partial charge in [0.15, 0.2) is 5.78 Å². The van der Waals surface area contributed by atoms with Gasteiger partial charge in [0.2, 0.25) is 0 Å². The van der Waals surface area contributed by atoms with Crippen molar-refractivity contribution in [3.63, 3.8) is 0 Å². The molecule has 0 radical (unpaired) electrons. The number of hydrogen-bond acceptors (Lipinski definition) is 1. The molecular formula is C6H7BrO. The summed E-state index contributed by atoms with van der Waals surface area (Å²) in [5, 5.41) is 0. The Morgan fingerprint density at radius 2 is 2.25 bits per heavy atom. The molecule has 0 spiro atoms. The highest BCUT2D eigenvalue weighted by Crippen LogP contribution is 2.03. The molecular weight excluding hydrogens is 168 g/mol. The second-order valence-corrected chi connectivity index (χ2v) is 2.26. The molecule has 0 saturated carbocycles. The van der Waals surface area contributed by atoms with E-state index in [1.807, 2.05) is 0 Å². The van der Waals surface area contributed by atoms with Gasteiger partial charge in [-0.25, -0.2) is 0 Å². The van der Waals surface area contributed by atoms with Crippen LogP contribution in [0.4, 0.5) is 0 Å². The molecule has 0 amide bonds. The normalized spacial score (nSPS) is 11.0. The molecule has 0 heterocycles. The maximum absolute atomic E-state index is 10.3. The molecule has 0 unspecified atom stereocenters. The summed E-state index contributed by atoms with van der Waals surface area (Å²) in [5.74, 6) is 0.0248. The lowest BCUT2D eigenvalue weighted by atomic mass is 10.4. The Bertz CT molecular complexity index is 135. The Morgan fingerprint density at radius 3 is 2.38 bits per heavy atom. The Balaban J connectivity index is 3.94. The van der Waals surface area contributed by atoms with Crippen LogP contribution in [0.25, 0.3) is 0 Å². The maximum Gasteiger partial charge on any atom is 0.153 e. The highest BCUT2D eigenvalue weighted by molar-refractivity contribution is 9.11. The number of rotatable bonds is 2. The van der Waals surface area contributed by atoms with Gasteiger partial charge in [-0.15, -0.1) is 0 Å². The molecule has 1 nitrogen and oxygen atoms in total. The first-order valence-corrected chi connectivity index (χ1v) is 2.96. The second-order valence-electron chi connectivity index (χ2n) is 1.34. The van der Waals surface area contributed by atoms with E-state index in [-0.39, 0.29) is 5.78 Å². The molecule has 0 aromatic rings. The van der Waals surface area contributed by atoms with E-state index in [1.165, 1.54) is 13.0 Å². The van der Waals surface area contributed by atoms with E-state index < -0.39 is 0 Å². The predicted octanol–water partition coefficient (Wildman–Crippen LogP) is 2.04. The molecule has 8 heavy (non-hydrogen) atoms. The van der Waals surface area contributed by atoms with Crippen molar-refractivity contribution in [1.29, 1.82) is 0 Å². The standard InChI is InChI=1S/C6H7BrO/c1-3-6(7)4-5(2)8/h3-4H,1H2,2H3. The van der Waals surface area contributed by atoms with E-state index in [0.717, 1.165) is 4.48 Å². The van der Waals surface area contributed by atoms with Crippen LogP contribution in [-0.4, -0.2) is 5.78 Å². The first-order valence-electron chi connectivity index (χ1n) is 2.17. The molecule has 0 aromatic heterocycles. The molecule has 0 aliphatic heterocycles. The molecule has 0 fully saturated rings. The second kappa shape index (κ2) is 3.61. The zero-order valence-corrected chi connectivity index (χ0v) is 6.23. The van der Waals surface area contributed by atoms with Crippen LogP contribution < -0.4 is 0 Å². The van der Waals surface area contributed by atoms with Crippen LogP contribution in [0.1, 0.15) is 6.92 Å². The molecule has 0 rings (SSSR count). The van der Waals surface area contributed by atoms with Crippen LogP contribution in [0, 0.1) is 0 Å². The van der Waals surface area contributed by atoms with Gasteiger partial charge in [0.1, 0.15) is 0 Å². The molecule has 0 aliphatic carbocycles. The molecule has 0 aliphatic rings. The van der Waals surface area contributed by atoms with Crippen LogP contribution in [-0.2, 0) is 4.79 Å². The van der Waals surface area contributed by atoms with E-state index >= 15 is 0 Å². The molecule has 44 valence electrons. The topological polar surface area (TPSA) is 17.1 Å². The Morgan fingerprint density at radius 1 is 1.75 bits per heavy atom. The third kappa shape index (κ3) is 3.81. The third-order valence-electron chi connectivity index (χ3n) is 0.536. The van der Waals surface area contributed by atoms with Crippen LogP contribution in [0.15, 0.2) is 23.2 Å². The van der Waals surface area contributed by atoms with Crippen molar-refractivity contribution in [1.82, 2.24) is 0 Å². The highest BCUT2D eigenvalue weighted by Gasteiger charge is 1.84. The largest absolute Gasteiger partial charge is 0.295 e. The quantitative estimate of drug-likeness (QED) is 0.463. The fourth-order valence-corrected chi connectivity index (χ4v) is 0.575. The van der Waals surface area contributed by atoms with Gasteiger partial charge in [0.25, 0.3) is 0 Å². The maximum atomic E-state index is 10.3. The summed E-state index contributed by atoms with van der Waals surface area (Å²) in [4.78, 5) is 10.3. The molecule has 0 atom stereocenters. The van der Waals surface area contributed by atoms with Crippen molar-refractivity contribution in [2.24, 2.45) is 0 Å².